The lowest BCUT2D eigenvalue weighted by atomic mass is 10.0. The van der Waals surface area contributed by atoms with E-state index < -0.39 is 5.97 Å². The fourth-order valence-electron chi connectivity index (χ4n) is 2.51. The standard InChI is InChI=1S/C19H16O6/c1-23-16-5-3-2-4-13(16)15-11-25-17-10-12(24-9-8-18(20)21)6-7-14(17)19(15)22/h2-7,10-11H,8-9H2,1H3,(H,20,21). The van der Waals surface area contributed by atoms with E-state index >= 15 is 0 Å². The molecule has 3 rings (SSSR count). The zero-order valence-electron chi connectivity index (χ0n) is 13.5. The average molecular weight is 340 g/mol. The van der Waals surface area contributed by atoms with Gasteiger partial charge in [-0.3, -0.25) is 9.59 Å². The van der Waals surface area contributed by atoms with E-state index in [1.165, 1.54) is 6.26 Å². The molecule has 2 aromatic carbocycles. The van der Waals surface area contributed by atoms with Crippen LogP contribution in [0.15, 0.2) is 57.9 Å². The van der Waals surface area contributed by atoms with Crippen LogP contribution < -0.4 is 14.9 Å². The Morgan fingerprint density at radius 3 is 2.72 bits per heavy atom. The van der Waals surface area contributed by atoms with E-state index in [1.54, 1.807) is 37.4 Å². The van der Waals surface area contributed by atoms with Gasteiger partial charge in [0.1, 0.15) is 23.3 Å². The minimum Gasteiger partial charge on any atom is -0.496 e. The lowest BCUT2D eigenvalue weighted by Crippen LogP contribution is -2.07. The normalized spacial score (nSPS) is 10.6. The molecule has 0 saturated heterocycles. The number of methoxy groups -OCH3 is 1. The summed E-state index contributed by atoms with van der Waals surface area (Å²) in [6.07, 6.45) is 1.29. The van der Waals surface area contributed by atoms with Crippen LogP contribution in [0.3, 0.4) is 0 Å². The minimum absolute atomic E-state index is 0.0460. The van der Waals surface area contributed by atoms with Crippen molar-refractivity contribution in [2.45, 2.75) is 6.42 Å². The summed E-state index contributed by atoms with van der Waals surface area (Å²) in [5, 5.41) is 9.04. The maximum Gasteiger partial charge on any atom is 0.306 e. The lowest BCUT2D eigenvalue weighted by Gasteiger charge is -2.09. The molecule has 0 aliphatic rings. The van der Waals surface area contributed by atoms with E-state index in [0.717, 1.165) is 0 Å². The monoisotopic (exact) mass is 340 g/mol. The molecule has 0 aliphatic carbocycles. The van der Waals surface area contributed by atoms with Crippen LogP contribution >= 0.6 is 0 Å². The van der Waals surface area contributed by atoms with Crippen LogP contribution in [-0.4, -0.2) is 24.8 Å². The number of para-hydroxylation sites is 1. The smallest absolute Gasteiger partial charge is 0.306 e. The summed E-state index contributed by atoms with van der Waals surface area (Å²) in [5.74, 6) is 0.0958. The second-order valence-electron chi connectivity index (χ2n) is 5.33. The second-order valence-corrected chi connectivity index (χ2v) is 5.33. The Labute approximate surface area is 143 Å². The number of benzene rings is 2. The Morgan fingerprint density at radius 2 is 1.96 bits per heavy atom. The summed E-state index contributed by atoms with van der Waals surface area (Å²) in [6, 6.07) is 12.0. The average Bonchev–Trinajstić information content (AvgIpc) is 2.62. The second kappa shape index (κ2) is 7.09. The molecular weight excluding hydrogens is 324 g/mol. The van der Waals surface area contributed by atoms with Gasteiger partial charge in [0.2, 0.25) is 5.43 Å². The molecule has 0 aliphatic heterocycles. The Morgan fingerprint density at radius 1 is 1.16 bits per heavy atom. The van der Waals surface area contributed by atoms with Gasteiger partial charge in [-0.05, 0) is 18.2 Å². The summed E-state index contributed by atoms with van der Waals surface area (Å²) in [7, 11) is 1.54. The highest BCUT2D eigenvalue weighted by molar-refractivity contribution is 5.83. The van der Waals surface area contributed by atoms with Crippen LogP contribution in [0, 0.1) is 0 Å². The molecule has 0 radical (unpaired) electrons. The van der Waals surface area contributed by atoms with E-state index in [-0.39, 0.29) is 18.5 Å². The third kappa shape index (κ3) is 3.47. The van der Waals surface area contributed by atoms with E-state index in [9.17, 15) is 9.59 Å². The first-order valence-corrected chi connectivity index (χ1v) is 7.63. The van der Waals surface area contributed by atoms with Crippen LogP contribution in [0.2, 0.25) is 0 Å². The van der Waals surface area contributed by atoms with Crippen LogP contribution in [0.5, 0.6) is 11.5 Å². The van der Waals surface area contributed by atoms with Crippen molar-refractivity contribution in [2.75, 3.05) is 13.7 Å². The summed E-state index contributed by atoms with van der Waals surface area (Å²) >= 11 is 0. The predicted molar refractivity (Wildman–Crippen MR) is 92.2 cm³/mol. The summed E-state index contributed by atoms with van der Waals surface area (Å²) < 4.78 is 16.2. The SMILES string of the molecule is COc1ccccc1-c1coc2cc(OCCC(=O)O)ccc2c1=O. The van der Waals surface area contributed by atoms with Gasteiger partial charge in [0.25, 0.3) is 0 Å². The van der Waals surface area contributed by atoms with Crippen molar-refractivity contribution in [1.82, 2.24) is 0 Å². The summed E-state index contributed by atoms with van der Waals surface area (Å²) in [6.45, 7) is 0.0460. The number of carboxylic acid groups (broad SMARTS) is 1. The Hall–Kier alpha value is -3.28. The Balaban J connectivity index is 1.98. The third-order valence-corrected chi connectivity index (χ3v) is 3.73. The molecule has 128 valence electrons. The molecular formula is C19H16O6. The Kier molecular flexibility index (Phi) is 4.70. The maximum atomic E-state index is 12.8. The molecule has 0 saturated carbocycles. The molecule has 0 atom stereocenters. The fraction of sp³-hybridized carbons (Fsp3) is 0.158. The molecule has 1 aromatic heterocycles. The molecule has 1 heterocycles. The number of ether oxygens (including phenoxy) is 2. The topological polar surface area (TPSA) is 86.0 Å². The maximum absolute atomic E-state index is 12.8. The first kappa shape index (κ1) is 16.6. The van der Waals surface area contributed by atoms with Crippen molar-refractivity contribution in [3.63, 3.8) is 0 Å². The molecule has 0 bridgehead atoms. The highest BCUT2D eigenvalue weighted by atomic mass is 16.5. The first-order chi connectivity index (χ1) is 12.1. The lowest BCUT2D eigenvalue weighted by molar-refractivity contribution is -0.137. The molecule has 0 spiro atoms. The van der Waals surface area contributed by atoms with Crippen molar-refractivity contribution >= 4 is 16.9 Å². The first-order valence-electron chi connectivity index (χ1n) is 7.63. The molecule has 0 amide bonds. The molecule has 0 unspecified atom stereocenters. The van der Waals surface area contributed by atoms with E-state index in [4.69, 9.17) is 19.0 Å². The van der Waals surface area contributed by atoms with Crippen molar-refractivity contribution in [2.24, 2.45) is 0 Å². The number of fused-ring (bicyclic) bond motifs is 1. The number of rotatable bonds is 6. The summed E-state index contributed by atoms with van der Waals surface area (Å²) in [4.78, 5) is 23.3. The van der Waals surface area contributed by atoms with Crippen molar-refractivity contribution in [3.05, 3.63) is 59.0 Å². The zero-order valence-corrected chi connectivity index (χ0v) is 13.5. The largest absolute Gasteiger partial charge is 0.496 e. The van der Waals surface area contributed by atoms with Gasteiger partial charge in [-0.15, -0.1) is 0 Å². The van der Waals surface area contributed by atoms with Crippen molar-refractivity contribution in [3.8, 4) is 22.6 Å². The van der Waals surface area contributed by atoms with Crippen LogP contribution in [0.25, 0.3) is 22.1 Å². The quantitative estimate of drug-likeness (QED) is 0.741. The van der Waals surface area contributed by atoms with Crippen LogP contribution in [0.1, 0.15) is 6.42 Å². The van der Waals surface area contributed by atoms with Gasteiger partial charge in [0, 0.05) is 11.6 Å². The number of hydrogen-bond donors (Lipinski definition) is 1. The van der Waals surface area contributed by atoms with Gasteiger partial charge in [0.05, 0.1) is 31.1 Å². The molecule has 6 nitrogen and oxygen atoms in total. The van der Waals surface area contributed by atoms with Crippen LogP contribution in [0.4, 0.5) is 0 Å². The predicted octanol–water partition coefficient (Wildman–Crippen LogP) is 3.32. The summed E-state index contributed by atoms with van der Waals surface area (Å²) in [5.41, 5.74) is 1.26. The van der Waals surface area contributed by atoms with Gasteiger partial charge in [-0.1, -0.05) is 18.2 Å². The number of hydrogen-bond acceptors (Lipinski definition) is 5. The van der Waals surface area contributed by atoms with Gasteiger partial charge in [-0.2, -0.15) is 0 Å². The number of carboxylic acids is 1. The fourth-order valence-corrected chi connectivity index (χ4v) is 2.51. The number of carbonyl (C=O) groups is 1. The molecule has 3 aromatic rings. The van der Waals surface area contributed by atoms with Gasteiger partial charge < -0.3 is 19.0 Å². The van der Waals surface area contributed by atoms with Gasteiger partial charge in [-0.25, -0.2) is 0 Å². The highest BCUT2D eigenvalue weighted by Crippen LogP contribution is 2.29. The number of aliphatic carboxylic acids is 1. The van der Waals surface area contributed by atoms with Crippen LogP contribution in [-0.2, 0) is 4.79 Å². The van der Waals surface area contributed by atoms with Gasteiger partial charge >= 0.3 is 5.97 Å². The van der Waals surface area contributed by atoms with Gasteiger partial charge in [0.15, 0.2) is 0 Å². The Bertz CT molecular complexity index is 973. The third-order valence-electron chi connectivity index (χ3n) is 3.73. The van der Waals surface area contributed by atoms with E-state index in [0.29, 0.717) is 33.6 Å². The zero-order chi connectivity index (χ0) is 17.8. The van der Waals surface area contributed by atoms with Crippen molar-refractivity contribution in [1.29, 1.82) is 0 Å². The van der Waals surface area contributed by atoms with E-state index in [1.807, 2.05) is 12.1 Å². The molecule has 1 N–H and O–H groups in total. The van der Waals surface area contributed by atoms with E-state index in [2.05, 4.69) is 0 Å². The molecule has 0 fully saturated rings. The molecule has 25 heavy (non-hydrogen) atoms. The minimum atomic E-state index is -0.936. The van der Waals surface area contributed by atoms with Crippen molar-refractivity contribution < 1.29 is 23.8 Å². The molecule has 6 heteroatoms. The highest BCUT2D eigenvalue weighted by Gasteiger charge is 2.13.